The maximum atomic E-state index is 13.9. The molecule has 36 heavy (non-hydrogen) atoms. The molecular weight excluding hydrogens is 560 g/mol. The molecule has 7 rings (SSSR count). The first-order valence-corrected chi connectivity index (χ1v) is 13.5. The van der Waals surface area contributed by atoms with Gasteiger partial charge in [-0.25, -0.2) is 4.99 Å². The van der Waals surface area contributed by atoms with Crippen molar-refractivity contribution < 1.29 is 9.47 Å². The highest BCUT2D eigenvalue weighted by atomic mass is 79.9. The minimum atomic E-state index is -0.305. The van der Waals surface area contributed by atoms with Crippen molar-refractivity contribution in [2.45, 2.75) is 18.9 Å². The van der Waals surface area contributed by atoms with Crippen molar-refractivity contribution >= 4 is 50.6 Å². The lowest BCUT2D eigenvalue weighted by molar-refractivity contribution is 0.174. The lowest BCUT2D eigenvalue weighted by Gasteiger charge is -2.31. The van der Waals surface area contributed by atoms with Gasteiger partial charge in [-0.3, -0.25) is 9.36 Å². The number of nitrogens with zero attached hydrogens (tertiary/aromatic N) is 2. The molecule has 3 heterocycles. The molecule has 0 radical (unpaired) electrons. The van der Waals surface area contributed by atoms with Gasteiger partial charge >= 0.3 is 0 Å². The molecule has 1 unspecified atom stereocenters. The standard InChI is InChI=1S/C28H18BrClN2O3S/c29-20-13-23-22(34-14-35-23)11-16(20)12-24-27(33)32-26(18-7-3-4-8-21(18)30)19-10-9-15-5-1-2-6-17(15)25(19)31-28(32)36-24/h1-8,11-13,26H,9-10,14H2. The van der Waals surface area contributed by atoms with Crippen LogP contribution in [-0.2, 0) is 6.42 Å². The number of ether oxygens (including phenoxy) is 2. The number of thiazole rings is 1. The van der Waals surface area contributed by atoms with Crippen LogP contribution in [0.2, 0.25) is 5.02 Å². The maximum Gasteiger partial charge on any atom is 0.271 e. The van der Waals surface area contributed by atoms with Crippen LogP contribution in [0.25, 0.3) is 11.8 Å². The Morgan fingerprint density at radius 1 is 1.06 bits per heavy atom. The average molecular weight is 578 g/mol. The third kappa shape index (κ3) is 3.41. The highest BCUT2D eigenvalue weighted by Crippen LogP contribution is 2.43. The monoisotopic (exact) mass is 576 g/mol. The number of benzene rings is 3. The van der Waals surface area contributed by atoms with Crippen molar-refractivity contribution in [3.63, 3.8) is 0 Å². The fraction of sp³-hybridized carbons (Fsp3) is 0.143. The van der Waals surface area contributed by atoms with Gasteiger partial charge in [-0.05, 0) is 59.4 Å². The van der Waals surface area contributed by atoms with E-state index in [1.54, 1.807) is 0 Å². The van der Waals surface area contributed by atoms with E-state index in [2.05, 4.69) is 34.1 Å². The minimum absolute atomic E-state index is 0.0846. The summed E-state index contributed by atoms with van der Waals surface area (Å²) in [4.78, 5) is 19.7. The van der Waals surface area contributed by atoms with E-state index in [1.165, 1.54) is 16.9 Å². The lowest BCUT2D eigenvalue weighted by Crippen LogP contribution is -2.38. The zero-order valence-corrected chi connectivity index (χ0v) is 22.0. The molecule has 3 aliphatic rings. The number of rotatable bonds is 2. The van der Waals surface area contributed by atoms with Crippen LogP contribution >= 0.6 is 38.9 Å². The fourth-order valence-electron chi connectivity index (χ4n) is 5.18. The van der Waals surface area contributed by atoms with Crippen LogP contribution < -0.4 is 24.4 Å². The van der Waals surface area contributed by atoms with E-state index < -0.39 is 0 Å². The van der Waals surface area contributed by atoms with E-state index in [-0.39, 0.29) is 18.4 Å². The van der Waals surface area contributed by atoms with Gasteiger partial charge in [0.05, 0.1) is 16.3 Å². The van der Waals surface area contributed by atoms with Crippen LogP contribution in [0.3, 0.4) is 0 Å². The summed E-state index contributed by atoms with van der Waals surface area (Å²) >= 11 is 11.7. The zero-order valence-electron chi connectivity index (χ0n) is 18.8. The molecule has 1 aromatic heterocycles. The van der Waals surface area contributed by atoms with E-state index in [9.17, 15) is 4.79 Å². The van der Waals surface area contributed by atoms with Crippen molar-refractivity contribution in [3.05, 3.63) is 118 Å². The summed E-state index contributed by atoms with van der Waals surface area (Å²) in [5.74, 6) is 1.35. The molecule has 0 fully saturated rings. The Labute approximate surface area is 223 Å². The Kier molecular flexibility index (Phi) is 5.20. The zero-order chi connectivity index (χ0) is 24.4. The average Bonchev–Trinajstić information content (AvgIpc) is 3.47. The molecule has 5 nitrogen and oxygen atoms in total. The van der Waals surface area contributed by atoms with Crippen LogP contribution in [0.1, 0.15) is 34.7 Å². The van der Waals surface area contributed by atoms with E-state index in [0.717, 1.165) is 45.3 Å². The predicted octanol–water partition coefficient (Wildman–Crippen LogP) is 5.46. The number of hydrogen-bond acceptors (Lipinski definition) is 5. The number of fused-ring (bicyclic) bond motifs is 4. The fourth-order valence-corrected chi connectivity index (χ4v) is 6.85. The summed E-state index contributed by atoms with van der Waals surface area (Å²) in [6.45, 7) is 0.193. The number of aromatic nitrogens is 1. The summed E-state index contributed by atoms with van der Waals surface area (Å²) in [6, 6.07) is 19.6. The van der Waals surface area contributed by atoms with Crippen LogP contribution in [0.15, 0.2) is 80.5 Å². The number of allylic oxidation sites excluding steroid dienone is 1. The second-order valence-corrected chi connectivity index (χ2v) is 11.1. The van der Waals surface area contributed by atoms with E-state index in [4.69, 9.17) is 26.1 Å². The highest BCUT2D eigenvalue weighted by Gasteiger charge is 2.33. The Hall–Kier alpha value is -3.13. The summed E-state index contributed by atoms with van der Waals surface area (Å²) in [5.41, 5.74) is 6.17. The highest BCUT2D eigenvalue weighted by molar-refractivity contribution is 9.10. The molecule has 178 valence electrons. The third-order valence-electron chi connectivity index (χ3n) is 6.85. The van der Waals surface area contributed by atoms with Crippen LogP contribution in [0, 0.1) is 0 Å². The van der Waals surface area contributed by atoms with Gasteiger partial charge in [0.1, 0.15) is 0 Å². The molecule has 0 saturated heterocycles. The van der Waals surface area contributed by atoms with Crippen molar-refractivity contribution in [3.8, 4) is 11.5 Å². The van der Waals surface area contributed by atoms with Gasteiger partial charge in [0.25, 0.3) is 5.56 Å². The number of aryl methyl sites for hydroxylation is 1. The molecule has 4 aromatic rings. The van der Waals surface area contributed by atoms with Crippen LogP contribution in [0.5, 0.6) is 11.5 Å². The normalized spacial score (nSPS) is 17.9. The molecule has 0 spiro atoms. The smallest absolute Gasteiger partial charge is 0.271 e. The molecule has 0 bridgehead atoms. The van der Waals surface area contributed by atoms with Gasteiger partial charge < -0.3 is 9.47 Å². The first kappa shape index (κ1) is 22.1. The number of halogens is 2. The van der Waals surface area contributed by atoms with Gasteiger partial charge in [0.15, 0.2) is 16.3 Å². The van der Waals surface area contributed by atoms with Crippen molar-refractivity contribution in [2.75, 3.05) is 6.79 Å². The second kappa shape index (κ2) is 8.47. The van der Waals surface area contributed by atoms with Crippen molar-refractivity contribution in [2.24, 2.45) is 4.99 Å². The Bertz CT molecular complexity index is 1790. The molecule has 3 aromatic carbocycles. The second-order valence-electron chi connectivity index (χ2n) is 8.86. The Morgan fingerprint density at radius 2 is 1.83 bits per heavy atom. The molecule has 8 heteroatoms. The van der Waals surface area contributed by atoms with Gasteiger partial charge in [-0.2, -0.15) is 0 Å². The summed E-state index contributed by atoms with van der Waals surface area (Å²) in [5, 5.41) is 0.642. The molecular formula is C28H18BrClN2O3S. The molecule has 0 saturated carbocycles. The quantitative estimate of drug-likeness (QED) is 0.318. The largest absolute Gasteiger partial charge is 0.454 e. The topological polar surface area (TPSA) is 52.8 Å². The van der Waals surface area contributed by atoms with Gasteiger partial charge in [0, 0.05) is 15.1 Å². The summed E-state index contributed by atoms with van der Waals surface area (Å²) in [7, 11) is 0. The molecule has 1 atom stereocenters. The lowest BCUT2D eigenvalue weighted by atomic mass is 9.83. The first-order chi connectivity index (χ1) is 17.6. The van der Waals surface area contributed by atoms with Gasteiger partial charge in [0.2, 0.25) is 6.79 Å². The van der Waals surface area contributed by atoms with Crippen molar-refractivity contribution in [1.29, 1.82) is 0 Å². The maximum absolute atomic E-state index is 13.9. The third-order valence-corrected chi connectivity index (χ3v) is 8.87. The number of hydrogen-bond donors (Lipinski definition) is 0. The Balaban J connectivity index is 1.49. The van der Waals surface area contributed by atoms with Crippen LogP contribution in [-0.4, -0.2) is 11.4 Å². The van der Waals surface area contributed by atoms with E-state index in [1.807, 2.05) is 53.1 Å². The summed E-state index contributed by atoms with van der Waals surface area (Å²) in [6.07, 6.45) is 3.61. The van der Waals surface area contributed by atoms with E-state index in [0.29, 0.717) is 25.9 Å². The predicted molar refractivity (Wildman–Crippen MR) is 144 cm³/mol. The molecule has 2 aliphatic heterocycles. The molecule has 0 amide bonds. The SMILES string of the molecule is O=c1c(=Cc2cc3c(cc2Br)OCO3)sc2n1C(c1ccccc1Cl)C1=C(N=2)c2ccccc2CC1. The van der Waals surface area contributed by atoms with Gasteiger partial charge in [-0.1, -0.05) is 81.3 Å². The van der Waals surface area contributed by atoms with E-state index >= 15 is 0 Å². The molecule has 1 aliphatic carbocycles. The van der Waals surface area contributed by atoms with Gasteiger partial charge in [-0.15, -0.1) is 0 Å². The van der Waals surface area contributed by atoms with Crippen molar-refractivity contribution in [1.82, 2.24) is 4.57 Å². The summed E-state index contributed by atoms with van der Waals surface area (Å²) < 4.78 is 14.2. The minimum Gasteiger partial charge on any atom is -0.454 e. The van der Waals surface area contributed by atoms with Crippen LogP contribution in [0.4, 0.5) is 0 Å². The molecule has 0 N–H and O–H groups in total. The first-order valence-electron chi connectivity index (χ1n) is 11.5. The Morgan fingerprint density at radius 3 is 2.69 bits per heavy atom.